The molecule has 1 N–H and O–H groups in total. The zero-order valence-electron chi connectivity index (χ0n) is 14.6. The third-order valence-electron chi connectivity index (χ3n) is 4.28. The summed E-state index contributed by atoms with van der Waals surface area (Å²) in [6.45, 7) is 3.68. The second-order valence-electron chi connectivity index (χ2n) is 6.28. The smallest absolute Gasteiger partial charge is 0.258 e. The molecule has 0 aliphatic rings. The molecule has 1 amide bonds. The first-order valence-electron chi connectivity index (χ1n) is 8.50. The normalized spacial score (nSPS) is 12.4. The summed E-state index contributed by atoms with van der Waals surface area (Å²) in [6, 6.07) is 16.9. The lowest BCUT2D eigenvalue weighted by Gasteiger charge is -2.12. The van der Waals surface area contributed by atoms with Gasteiger partial charge in [0.15, 0.2) is 6.61 Å². The summed E-state index contributed by atoms with van der Waals surface area (Å²) in [6.07, 6.45) is 0. The molecular weight excluding hydrogens is 330 g/mol. The first kappa shape index (κ1) is 16.3. The van der Waals surface area contributed by atoms with Crippen LogP contribution in [0.2, 0.25) is 0 Å². The molecule has 0 spiro atoms. The van der Waals surface area contributed by atoms with E-state index < -0.39 is 0 Å². The predicted molar refractivity (Wildman–Crippen MR) is 99.2 cm³/mol. The molecule has 4 aromatic rings. The largest absolute Gasteiger partial charge is 0.484 e. The number of nitrogens with one attached hydrogen (secondary N) is 1. The van der Waals surface area contributed by atoms with E-state index in [4.69, 9.17) is 13.6 Å². The molecule has 132 valence electrons. The van der Waals surface area contributed by atoms with Crippen LogP contribution in [-0.2, 0) is 4.79 Å². The summed E-state index contributed by atoms with van der Waals surface area (Å²) in [7, 11) is 0. The van der Waals surface area contributed by atoms with Crippen molar-refractivity contribution in [1.82, 2.24) is 5.32 Å². The molecule has 2 heterocycles. The van der Waals surface area contributed by atoms with Crippen LogP contribution in [0.4, 0.5) is 0 Å². The summed E-state index contributed by atoms with van der Waals surface area (Å²) >= 11 is 0. The molecule has 4 rings (SSSR count). The second-order valence-corrected chi connectivity index (χ2v) is 6.28. The Balaban J connectivity index is 1.44. The van der Waals surface area contributed by atoms with Gasteiger partial charge in [0.05, 0.1) is 6.04 Å². The molecule has 5 nitrogen and oxygen atoms in total. The summed E-state index contributed by atoms with van der Waals surface area (Å²) < 4.78 is 17.0. The number of ether oxygens (including phenoxy) is 1. The first-order valence-corrected chi connectivity index (χ1v) is 8.50. The highest BCUT2D eigenvalue weighted by Gasteiger charge is 2.14. The Kier molecular flexibility index (Phi) is 4.13. The molecule has 0 unspecified atom stereocenters. The van der Waals surface area contributed by atoms with Crippen molar-refractivity contribution in [3.63, 3.8) is 0 Å². The quantitative estimate of drug-likeness (QED) is 0.565. The van der Waals surface area contributed by atoms with Gasteiger partial charge in [-0.3, -0.25) is 4.79 Å². The molecule has 0 radical (unpaired) electrons. The van der Waals surface area contributed by atoms with E-state index in [2.05, 4.69) is 5.32 Å². The van der Waals surface area contributed by atoms with Gasteiger partial charge in [0.25, 0.3) is 5.91 Å². The fourth-order valence-electron chi connectivity index (χ4n) is 2.98. The number of rotatable bonds is 5. The van der Waals surface area contributed by atoms with Crippen molar-refractivity contribution in [3.05, 3.63) is 66.1 Å². The Morgan fingerprint density at radius 1 is 1.04 bits per heavy atom. The van der Waals surface area contributed by atoms with Crippen molar-refractivity contribution in [3.8, 4) is 5.75 Å². The van der Waals surface area contributed by atoms with Crippen molar-refractivity contribution in [1.29, 1.82) is 0 Å². The lowest BCUT2D eigenvalue weighted by molar-refractivity contribution is -0.123. The molecule has 26 heavy (non-hydrogen) atoms. The van der Waals surface area contributed by atoms with E-state index in [9.17, 15) is 4.79 Å². The molecule has 0 aliphatic heterocycles. The zero-order valence-corrected chi connectivity index (χ0v) is 14.6. The van der Waals surface area contributed by atoms with Gasteiger partial charge in [0, 0.05) is 10.8 Å². The molecule has 0 fully saturated rings. The number of carbonyl (C=O) groups excluding carboxylic acids is 1. The van der Waals surface area contributed by atoms with Crippen LogP contribution in [0.3, 0.4) is 0 Å². The highest BCUT2D eigenvalue weighted by molar-refractivity contribution is 6.05. The minimum absolute atomic E-state index is 0.0642. The minimum Gasteiger partial charge on any atom is -0.484 e. The van der Waals surface area contributed by atoms with Gasteiger partial charge >= 0.3 is 0 Å². The van der Waals surface area contributed by atoms with Crippen LogP contribution >= 0.6 is 0 Å². The molecule has 0 aliphatic carbocycles. The standard InChI is InChI=1S/C21H19NO4/c1-13-7-9-18(25-13)14(2)22-21(23)12-24-15-8-10-20-17(11-15)16-5-3-4-6-19(16)26-20/h3-11,14H,12H2,1-2H3,(H,22,23)/t14-/m0/s1. The third kappa shape index (κ3) is 3.16. The van der Waals surface area contributed by atoms with Crippen molar-refractivity contribution < 1.29 is 18.4 Å². The van der Waals surface area contributed by atoms with Gasteiger partial charge in [-0.15, -0.1) is 0 Å². The Hall–Kier alpha value is -3.21. The van der Waals surface area contributed by atoms with E-state index in [1.165, 1.54) is 0 Å². The van der Waals surface area contributed by atoms with Crippen LogP contribution < -0.4 is 10.1 Å². The third-order valence-corrected chi connectivity index (χ3v) is 4.28. The number of fused-ring (bicyclic) bond motifs is 3. The number of hydrogen-bond donors (Lipinski definition) is 1. The Morgan fingerprint density at radius 3 is 2.65 bits per heavy atom. The van der Waals surface area contributed by atoms with E-state index >= 15 is 0 Å². The van der Waals surface area contributed by atoms with Gasteiger partial charge < -0.3 is 18.9 Å². The number of furan rings is 2. The molecule has 5 heteroatoms. The van der Waals surface area contributed by atoms with Gasteiger partial charge in [0.1, 0.15) is 28.4 Å². The average Bonchev–Trinajstić information content (AvgIpc) is 3.23. The Labute approximate surface area is 150 Å². The number of amides is 1. The predicted octanol–water partition coefficient (Wildman–Crippen LogP) is 4.74. The van der Waals surface area contributed by atoms with Crippen molar-refractivity contribution in [2.24, 2.45) is 0 Å². The fourth-order valence-corrected chi connectivity index (χ4v) is 2.98. The van der Waals surface area contributed by atoms with Crippen LogP contribution in [0, 0.1) is 6.92 Å². The first-order chi connectivity index (χ1) is 12.6. The Bertz CT molecular complexity index is 1080. The fraction of sp³-hybridized carbons (Fsp3) is 0.190. The van der Waals surface area contributed by atoms with Gasteiger partial charge in [-0.05, 0) is 50.2 Å². The molecule has 0 bridgehead atoms. The number of carbonyl (C=O) groups is 1. The van der Waals surface area contributed by atoms with Crippen molar-refractivity contribution >= 4 is 27.8 Å². The van der Waals surface area contributed by atoms with Crippen LogP contribution in [0.5, 0.6) is 5.75 Å². The van der Waals surface area contributed by atoms with E-state index in [1.54, 1.807) is 6.07 Å². The maximum Gasteiger partial charge on any atom is 0.258 e. The maximum atomic E-state index is 12.1. The van der Waals surface area contributed by atoms with E-state index in [1.807, 2.05) is 62.4 Å². The van der Waals surface area contributed by atoms with Gasteiger partial charge in [-0.1, -0.05) is 18.2 Å². The summed E-state index contributed by atoms with van der Waals surface area (Å²) in [5, 5.41) is 4.86. The van der Waals surface area contributed by atoms with E-state index in [-0.39, 0.29) is 18.6 Å². The number of hydrogen-bond acceptors (Lipinski definition) is 4. The minimum atomic E-state index is -0.208. The SMILES string of the molecule is Cc1ccc([C@H](C)NC(=O)COc2ccc3oc4ccccc4c3c2)o1. The summed E-state index contributed by atoms with van der Waals surface area (Å²) in [5.41, 5.74) is 1.63. The molecule has 0 saturated heterocycles. The maximum absolute atomic E-state index is 12.1. The van der Waals surface area contributed by atoms with E-state index in [0.29, 0.717) is 5.75 Å². The highest BCUT2D eigenvalue weighted by Crippen LogP contribution is 2.31. The van der Waals surface area contributed by atoms with Gasteiger partial charge in [-0.25, -0.2) is 0 Å². The monoisotopic (exact) mass is 349 g/mol. The summed E-state index contributed by atoms with van der Waals surface area (Å²) in [5.74, 6) is 1.96. The lowest BCUT2D eigenvalue weighted by Crippen LogP contribution is -2.31. The van der Waals surface area contributed by atoms with Gasteiger partial charge in [-0.2, -0.15) is 0 Å². The van der Waals surface area contributed by atoms with Crippen LogP contribution in [-0.4, -0.2) is 12.5 Å². The number of para-hydroxylation sites is 1. The summed E-state index contributed by atoms with van der Waals surface area (Å²) in [4.78, 5) is 12.1. The molecule has 2 aromatic heterocycles. The number of aryl methyl sites for hydroxylation is 1. The molecule has 1 atom stereocenters. The Morgan fingerprint density at radius 2 is 1.85 bits per heavy atom. The number of benzene rings is 2. The lowest BCUT2D eigenvalue weighted by atomic mass is 10.1. The topological polar surface area (TPSA) is 64.6 Å². The highest BCUT2D eigenvalue weighted by atomic mass is 16.5. The van der Waals surface area contributed by atoms with Crippen LogP contribution in [0.15, 0.2) is 63.4 Å². The van der Waals surface area contributed by atoms with Gasteiger partial charge in [0.2, 0.25) is 0 Å². The second kappa shape index (κ2) is 6.59. The van der Waals surface area contributed by atoms with Crippen molar-refractivity contribution in [2.75, 3.05) is 6.61 Å². The average molecular weight is 349 g/mol. The van der Waals surface area contributed by atoms with Crippen LogP contribution in [0.1, 0.15) is 24.5 Å². The molecule has 2 aromatic carbocycles. The molecule has 0 saturated carbocycles. The molecular formula is C21H19NO4. The van der Waals surface area contributed by atoms with Crippen molar-refractivity contribution in [2.45, 2.75) is 19.9 Å². The van der Waals surface area contributed by atoms with Crippen LogP contribution in [0.25, 0.3) is 21.9 Å². The zero-order chi connectivity index (χ0) is 18.1. The van der Waals surface area contributed by atoms with E-state index in [0.717, 1.165) is 33.5 Å².